The van der Waals surface area contributed by atoms with E-state index in [-0.39, 0.29) is 5.41 Å². The standard InChI is InChI=1S/C14H27N5O/c1-7-19(8-9-20-6)12-10(2)11(18-15)16-13(17-12)14(3,4)5/h7-9,15H2,1-6H3,(H,16,17,18). The van der Waals surface area contributed by atoms with Gasteiger partial charge in [-0.1, -0.05) is 20.8 Å². The van der Waals surface area contributed by atoms with Crippen LogP contribution in [0.25, 0.3) is 0 Å². The summed E-state index contributed by atoms with van der Waals surface area (Å²) in [6.45, 7) is 12.7. The molecular weight excluding hydrogens is 254 g/mol. The minimum absolute atomic E-state index is 0.130. The molecule has 0 aliphatic carbocycles. The molecule has 1 rings (SSSR count). The van der Waals surface area contributed by atoms with Gasteiger partial charge >= 0.3 is 0 Å². The fourth-order valence-corrected chi connectivity index (χ4v) is 1.90. The quantitative estimate of drug-likeness (QED) is 0.612. The van der Waals surface area contributed by atoms with E-state index < -0.39 is 0 Å². The number of nitrogen functional groups attached to an aromatic ring is 1. The van der Waals surface area contributed by atoms with Crippen molar-refractivity contribution in [2.24, 2.45) is 5.84 Å². The van der Waals surface area contributed by atoms with Crippen LogP contribution in [0, 0.1) is 6.92 Å². The summed E-state index contributed by atoms with van der Waals surface area (Å²) in [6.07, 6.45) is 0. The van der Waals surface area contributed by atoms with E-state index in [1.54, 1.807) is 7.11 Å². The lowest BCUT2D eigenvalue weighted by Gasteiger charge is -2.27. The third kappa shape index (κ3) is 3.80. The van der Waals surface area contributed by atoms with E-state index in [0.29, 0.717) is 12.4 Å². The van der Waals surface area contributed by atoms with Gasteiger partial charge in [0.1, 0.15) is 17.5 Å². The molecule has 3 N–H and O–H groups in total. The van der Waals surface area contributed by atoms with Gasteiger partial charge in [0.05, 0.1) is 6.61 Å². The largest absolute Gasteiger partial charge is 0.383 e. The van der Waals surface area contributed by atoms with Crippen LogP contribution in [0.15, 0.2) is 0 Å². The minimum atomic E-state index is -0.130. The molecule has 0 aliphatic rings. The molecule has 0 amide bonds. The van der Waals surface area contributed by atoms with Gasteiger partial charge in [0.25, 0.3) is 0 Å². The summed E-state index contributed by atoms with van der Waals surface area (Å²) >= 11 is 0. The number of likely N-dealkylation sites (N-methyl/N-ethyl adjacent to an activating group) is 1. The predicted molar refractivity (Wildman–Crippen MR) is 83.0 cm³/mol. The molecule has 0 radical (unpaired) electrons. The molecule has 0 aliphatic heterocycles. The number of hydrazine groups is 1. The molecule has 1 aromatic rings. The highest BCUT2D eigenvalue weighted by molar-refractivity contribution is 5.58. The Morgan fingerprint density at radius 3 is 2.40 bits per heavy atom. The molecule has 0 saturated heterocycles. The van der Waals surface area contributed by atoms with E-state index in [9.17, 15) is 0 Å². The van der Waals surface area contributed by atoms with E-state index >= 15 is 0 Å². The summed E-state index contributed by atoms with van der Waals surface area (Å²) in [6, 6.07) is 0. The van der Waals surface area contributed by atoms with Gasteiger partial charge in [0.15, 0.2) is 0 Å². The van der Waals surface area contributed by atoms with Crippen LogP contribution in [0.1, 0.15) is 39.1 Å². The van der Waals surface area contributed by atoms with E-state index in [2.05, 4.69) is 43.0 Å². The second-order valence-corrected chi connectivity index (χ2v) is 5.81. The van der Waals surface area contributed by atoms with Crippen molar-refractivity contribution in [3.05, 3.63) is 11.4 Å². The molecule has 0 fully saturated rings. The molecule has 20 heavy (non-hydrogen) atoms. The Kier molecular flexibility index (Phi) is 5.71. The molecule has 0 unspecified atom stereocenters. The van der Waals surface area contributed by atoms with Gasteiger partial charge in [0, 0.05) is 31.2 Å². The van der Waals surface area contributed by atoms with E-state index in [0.717, 1.165) is 30.3 Å². The maximum atomic E-state index is 5.59. The van der Waals surface area contributed by atoms with Crippen LogP contribution in [0.3, 0.4) is 0 Å². The second kappa shape index (κ2) is 6.85. The number of aromatic nitrogens is 2. The number of rotatable bonds is 6. The van der Waals surface area contributed by atoms with E-state index in [1.165, 1.54) is 0 Å². The Hall–Kier alpha value is -1.40. The van der Waals surface area contributed by atoms with Gasteiger partial charge in [0.2, 0.25) is 0 Å². The molecule has 1 aromatic heterocycles. The number of ether oxygens (including phenoxy) is 1. The van der Waals surface area contributed by atoms with Gasteiger partial charge in [-0.2, -0.15) is 0 Å². The SMILES string of the molecule is CCN(CCOC)c1nc(C(C)(C)C)nc(NN)c1C. The molecule has 0 atom stereocenters. The highest BCUT2D eigenvalue weighted by Gasteiger charge is 2.22. The van der Waals surface area contributed by atoms with Gasteiger partial charge < -0.3 is 15.1 Å². The topological polar surface area (TPSA) is 76.3 Å². The Balaban J connectivity index is 3.28. The minimum Gasteiger partial charge on any atom is -0.383 e. The van der Waals surface area contributed by atoms with Crippen LogP contribution in [0.5, 0.6) is 0 Å². The van der Waals surface area contributed by atoms with Crippen LogP contribution in [-0.4, -0.2) is 36.8 Å². The van der Waals surface area contributed by atoms with Gasteiger partial charge in [-0.25, -0.2) is 15.8 Å². The summed E-state index contributed by atoms with van der Waals surface area (Å²) < 4.78 is 5.16. The van der Waals surface area contributed by atoms with Crippen LogP contribution < -0.4 is 16.2 Å². The maximum absolute atomic E-state index is 5.59. The van der Waals surface area contributed by atoms with Crippen molar-refractivity contribution >= 4 is 11.6 Å². The zero-order valence-electron chi connectivity index (χ0n) is 13.4. The molecule has 0 aromatic carbocycles. The summed E-state index contributed by atoms with van der Waals surface area (Å²) in [7, 11) is 1.70. The van der Waals surface area contributed by atoms with E-state index in [1.807, 2.05) is 6.92 Å². The lowest BCUT2D eigenvalue weighted by molar-refractivity contribution is 0.205. The number of nitrogens with zero attached hydrogens (tertiary/aromatic N) is 3. The van der Waals surface area contributed by atoms with Crippen LogP contribution in [0.2, 0.25) is 0 Å². The maximum Gasteiger partial charge on any atom is 0.148 e. The van der Waals surface area contributed by atoms with Crippen molar-refractivity contribution in [3.8, 4) is 0 Å². The zero-order chi connectivity index (χ0) is 15.3. The summed E-state index contributed by atoms with van der Waals surface area (Å²) in [5.74, 6) is 7.96. The van der Waals surface area contributed by atoms with Gasteiger partial charge in [-0.15, -0.1) is 0 Å². The first-order valence-corrected chi connectivity index (χ1v) is 6.94. The third-order valence-corrected chi connectivity index (χ3v) is 3.17. The molecule has 0 bridgehead atoms. The summed E-state index contributed by atoms with van der Waals surface area (Å²) in [4.78, 5) is 11.4. The highest BCUT2D eigenvalue weighted by atomic mass is 16.5. The van der Waals surface area contributed by atoms with Crippen molar-refractivity contribution in [2.45, 2.75) is 40.0 Å². The highest BCUT2D eigenvalue weighted by Crippen LogP contribution is 2.27. The normalized spacial score (nSPS) is 11.6. The Bertz CT molecular complexity index is 442. The lowest BCUT2D eigenvalue weighted by Crippen LogP contribution is -2.31. The average molecular weight is 281 g/mol. The molecule has 1 heterocycles. The molecule has 0 spiro atoms. The van der Waals surface area contributed by atoms with Crippen LogP contribution in [-0.2, 0) is 10.2 Å². The van der Waals surface area contributed by atoms with Crippen LogP contribution in [0.4, 0.5) is 11.6 Å². The first-order valence-electron chi connectivity index (χ1n) is 6.94. The number of nitrogens with two attached hydrogens (primary N) is 1. The zero-order valence-corrected chi connectivity index (χ0v) is 13.4. The average Bonchev–Trinajstić information content (AvgIpc) is 2.39. The number of hydrogen-bond donors (Lipinski definition) is 2. The molecule has 6 nitrogen and oxygen atoms in total. The number of hydrogen-bond acceptors (Lipinski definition) is 6. The van der Waals surface area contributed by atoms with Gasteiger partial charge in [-0.05, 0) is 13.8 Å². The second-order valence-electron chi connectivity index (χ2n) is 5.81. The van der Waals surface area contributed by atoms with Crippen molar-refractivity contribution < 1.29 is 4.74 Å². The molecule has 114 valence electrons. The smallest absolute Gasteiger partial charge is 0.148 e. The first kappa shape index (κ1) is 16.7. The number of anilines is 2. The Labute approximate surface area is 121 Å². The lowest BCUT2D eigenvalue weighted by atomic mass is 9.95. The Morgan fingerprint density at radius 2 is 1.95 bits per heavy atom. The number of methoxy groups -OCH3 is 1. The molecular formula is C14H27N5O. The van der Waals surface area contributed by atoms with Crippen molar-refractivity contribution in [1.29, 1.82) is 0 Å². The van der Waals surface area contributed by atoms with E-state index in [4.69, 9.17) is 15.6 Å². The summed E-state index contributed by atoms with van der Waals surface area (Å²) in [5, 5.41) is 0. The first-order chi connectivity index (χ1) is 9.35. The van der Waals surface area contributed by atoms with Crippen LogP contribution >= 0.6 is 0 Å². The number of nitrogens with one attached hydrogen (secondary N) is 1. The summed E-state index contributed by atoms with van der Waals surface area (Å²) in [5.41, 5.74) is 3.50. The Morgan fingerprint density at radius 1 is 1.30 bits per heavy atom. The van der Waals surface area contributed by atoms with Gasteiger partial charge in [-0.3, -0.25) is 0 Å². The predicted octanol–water partition coefficient (Wildman–Crippen LogP) is 1.84. The van der Waals surface area contributed by atoms with Crippen molar-refractivity contribution in [1.82, 2.24) is 9.97 Å². The van der Waals surface area contributed by atoms with Crippen molar-refractivity contribution in [2.75, 3.05) is 37.1 Å². The fraction of sp³-hybridized carbons (Fsp3) is 0.714. The third-order valence-electron chi connectivity index (χ3n) is 3.17. The molecule has 6 heteroatoms. The molecule has 0 saturated carbocycles. The fourth-order valence-electron chi connectivity index (χ4n) is 1.90. The monoisotopic (exact) mass is 281 g/mol. The van der Waals surface area contributed by atoms with Crippen molar-refractivity contribution in [3.63, 3.8) is 0 Å².